The van der Waals surface area contributed by atoms with Crippen molar-refractivity contribution in [2.24, 2.45) is 5.41 Å². The normalized spacial score (nSPS) is 16.8. The molecule has 0 aliphatic heterocycles. The van der Waals surface area contributed by atoms with E-state index < -0.39 is 17.9 Å². The molecule has 96 valence electrons. The molecule has 0 heterocycles. The average Bonchev–Trinajstić information content (AvgIpc) is 2.21. The summed E-state index contributed by atoms with van der Waals surface area (Å²) in [4.78, 5) is 32.6. The van der Waals surface area contributed by atoms with Gasteiger partial charge in [-0.1, -0.05) is 13.3 Å². The van der Waals surface area contributed by atoms with Crippen LogP contribution in [0.2, 0.25) is 0 Å². The Kier molecular flexibility index (Phi) is 4.48. The number of urea groups is 1. The summed E-state index contributed by atoms with van der Waals surface area (Å²) < 4.78 is 0. The lowest BCUT2D eigenvalue weighted by atomic mass is 9.70. The van der Waals surface area contributed by atoms with E-state index in [4.69, 9.17) is 5.11 Å². The van der Waals surface area contributed by atoms with Gasteiger partial charge in [0, 0.05) is 13.0 Å². The topological polar surface area (TPSA) is 95.5 Å². The number of carbonyl (C=O) groups excluding carboxylic acids is 2. The van der Waals surface area contributed by atoms with Crippen LogP contribution in [0.25, 0.3) is 0 Å². The van der Waals surface area contributed by atoms with E-state index in [2.05, 4.69) is 17.6 Å². The Bertz CT molecular complexity index is 323. The molecule has 1 fully saturated rings. The zero-order valence-corrected chi connectivity index (χ0v) is 9.91. The Morgan fingerprint density at radius 1 is 1.24 bits per heavy atom. The average molecular weight is 242 g/mol. The Morgan fingerprint density at radius 2 is 1.88 bits per heavy atom. The lowest BCUT2D eigenvalue weighted by Gasteiger charge is -2.38. The van der Waals surface area contributed by atoms with E-state index in [0.717, 1.165) is 12.8 Å². The molecule has 1 aliphatic carbocycles. The van der Waals surface area contributed by atoms with Crippen LogP contribution >= 0.6 is 0 Å². The van der Waals surface area contributed by atoms with Crippen molar-refractivity contribution in [1.82, 2.24) is 10.6 Å². The third kappa shape index (κ3) is 4.84. The highest BCUT2D eigenvalue weighted by Crippen LogP contribution is 2.39. The van der Waals surface area contributed by atoms with Gasteiger partial charge in [0.2, 0.25) is 5.91 Å². The third-order valence-electron chi connectivity index (χ3n) is 3.06. The molecule has 0 atom stereocenters. The SMILES string of the molecule is CC1(CNC(=O)NC(=O)CCC(=O)O)CCC1. The van der Waals surface area contributed by atoms with Crippen molar-refractivity contribution in [3.8, 4) is 0 Å². The van der Waals surface area contributed by atoms with Crippen LogP contribution < -0.4 is 10.6 Å². The van der Waals surface area contributed by atoms with E-state index >= 15 is 0 Å². The number of amides is 3. The molecule has 0 spiro atoms. The summed E-state index contributed by atoms with van der Waals surface area (Å²) in [6, 6.07) is -0.548. The predicted octanol–water partition coefficient (Wildman–Crippen LogP) is 0.867. The first-order valence-electron chi connectivity index (χ1n) is 5.71. The van der Waals surface area contributed by atoms with Crippen LogP contribution in [-0.2, 0) is 9.59 Å². The summed E-state index contributed by atoms with van der Waals surface area (Å²) in [5.41, 5.74) is 0.154. The van der Waals surface area contributed by atoms with Crippen molar-refractivity contribution < 1.29 is 19.5 Å². The molecule has 6 heteroatoms. The highest BCUT2D eigenvalue weighted by Gasteiger charge is 2.31. The molecule has 1 saturated carbocycles. The van der Waals surface area contributed by atoms with Crippen molar-refractivity contribution >= 4 is 17.9 Å². The molecule has 3 amide bonds. The van der Waals surface area contributed by atoms with E-state index in [0.29, 0.717) is 6.54 Å². The Balaban J connectivity index is 2.15. The van der Waals surface area contributed by atoms with Crippen LogP contribution in [-0.4, -0.2) is 29.6 Å². The van der Waals surface area contributed by atoms with E-state index in [1.165, 1.54) is 6.42 Å². The van der Waals surface area contributed by atoms with Crippen molar-refractivity contribution in [2.75, 3.05) is 6.54 Å². The van der Waals surface area contributed by atoms with Crippen LogP contribution in [0.4, 0.5) is 4.79 Å². The Labute approximate surface area is 99.8 Å². The second-order valence-electron chi connectivity index (χ2n) is 4.79. The summed E-state index contributed by atoms with van der Waals surface area (Å²) in [5, 5.41) is 13.1. The maximum Gasteiger partial charge on any atom is 0.321 e. The van der Waals surface area contributed by atoms with Gasteiger partial charge in [0.1, 0.15) is 0 Å². The lowest BCUT2D eigenvalue weighted by Crippen LogP contribution is -2.45. The highest BCUT2D eigenvalue weighted by molar-refractivity contribution is 5.95. The molecule has 0 aromatic carbocycles. The molecule has 3 N–H and O–H groups in total. The van der Waals surface area contributed by atoms with E-state index in [1.54, 1.807) is 0 Å². The first-order chi connectivity index (χ1) is 7.91. The zero-order chi connectivity index (χ0) is 12.9. The van der Waals surface area contributed by atoms with Crippen molar-refractivity contribution in [3.05, 3.63) is 0 Å². The van der Waals surface area contributed by atoms with Crippen molar-refractivity contribution in [1.29, 1.82) is 0 Å². The number of nitrogens with one attached hydrogen (secondary N) is 2. The number of carboxylic acid groups (broad SMARTS) is 1. The number of rotatable bonds is 5. The van der Waals surface area contributed by atoms with Gasteiger partial charge in [-0.2, -0.15) is 0 Å². The standard InChI is InChI=1S/C11H18N2O4/c1-11(5-2-6-11)7-12-10(17)13-8(14)3-4-9(15)16/h2-7H2,1H3,(H,15,16)(H2,12,13,14,17). The number of carboxylic acids is 1. The summed E-state index contributed by atoms with van der Waals surface area (Å²) in [5.74, 6) is -1.62. The zero-order valence-electron chi connectivity index (χ0n) is 9.91. The highest BCUT2D eigenvalue weighted by atomic mass is 16.4. The maximum absolute atomic E-state index is 11.3. The second-order valence-corrected chi connectivity index (χ2v) is 4.79. The summed E-state index contributed by atoms with van der Waals surface area (Å²) in [6.45, 7) is 2.63. The largest absolute Gasteiger partial charge is 0.481 e. The van der Waals surface area contributed by atoms with Crippen LogP contribution in [0.3, 0.4) is 0 Å². The predicted molar refractivity (Wildman–Crippen MR) is 60.4 cm³/mol. The van der Waals surface area contributed by atoms with Gasteiger partial charge in [-0.15, -0.1) is 0 Å². The molecule has 0 aromatic heterocycles. The summed E-state index contributed by atoms with van der Waals surface area (Å²) in [6.07, 6.45) is 2.90. The van der Waals surface area contributed by atoms with Gasteiger partial charge in [-0.25, -0.2) is 4.79 Å². The van der Waals surface area contributed by atoms with E-state index in [1.807, 2.05) is 0 Å². The number of hydrogen-bond donors (Lipinski definition) is 3. The molecule has 0 bridgehead atoms. The van der Waals surface area contributed by atoms with E-state index in [-0.39, 0.29) is 18.3 Å². The van der Waals surface area contributed by atoms with Crippen LogP contribution in [0, 0.1) is 5.41 Å². The van der Waals surface area contributed by atoms with Crippen LogP contribution in [0.5, 0.6) is 0 Å². The fraction of sp³-hybridized carbons (Fsp3) is 0.727. The number of imide groups is 1. The van der Waals surface area contributed by atoms with Gasteiger partial charge in [0.05, 0.1) is 6.42 Å². The number of hydrogen-bond acceptors (Lipinski definition) is 3. The van der Waals surface area contributed by atoms with Crippen LogP contribution in [0.15, 0.2) is 0 Å². The second kappa shape index (κ2) is 5.65. The monoisotopic (exact) mass is 242 g/mol. The number of aliphatic carboxylic acids is 1. The molecule has 17 heavy (non-hydrogen) atoms. The minimum absolute atomic E-state index is 0.154. The summed E-state index contributed by atoms with van der Waals surface area (Å²) in [7, 11) is 0. The van der Waals surface area contributed by atoms with Gasteiger partial charge >= 0.3 is 12.0 Å². The minimum atomic E-state index is -1.05. The first-order valence-corrected chi connectivity index (χ1v) is 5.71. The smallest absolute Gasteiger partial charge is 0.321 e. The molecule has 6 nitrogen and oxygen atoms in total. The molecular weight excluding hydrogens is 224 g/mol. The fourth-order valence-corrected chi connectivity index (χ4v) is 1.70. The van der Waals surface area contributed by atoms with Gasteiger partial charge in [-0.3, -0.25) is 14.9 Å². The quantitative estimate of drug-likeness (QED) is 0.666. The molecule has 0 radical (unpaired) electrons. The lowest BCUT2D eigenvalue weighted by molar-refractivity contribution is -0.138. The van der Waals surface area contributed by atoms with Gasteiger partial charge in [-0.05, 0) is 18.3 Å². The molecule has 0 unspecified atom stereocenters. The van der Waals surface area contributed by atoms with Crippen molar-refractivity contribution in [2.45, 2.75) is 39.0 Å². The van der Waals surface area contributed by atoms with Crippen molar-refractivity contribution in [3.63, 3.8) is 0 Å². The minimum Gasteiger partial charge on any atom is -0.481 e. The molecule has 0 aromatic rings. The third-order valence-corrected chi connectivity index (χ3v) is 3.06. The van der Waals surface area contributed by atoms with Gasteiger partial charge < -0.3 is 10.4 Å². The molecule has 1 rings (SSSR count). The van der Waals surface area contributed by atoms with Gasteiger partial charge in [0.25, 0.3) is 0 Å². The maximum atomic E-state index is 11.3. The van der Waals surface area contributed by atoms with Gasteiger partial charge in [0.15, 0.2) is 0 Å². The molecule has 1 aliphatic rings. The van der Waals surface area contributed by atoms with E-state index in [9.17, 15) is 14.4 Å². The first kappa shape index (κ1) is 13.5. The molecular formula is C11H18N2O4. The number of carbonyl (C=O) groups is 3. The Morgan fingerprint density at radius 3 is 2.35 bits per heavy atom. The summed E-state index contributed by atoms with van der Waals surface area (Å²) >= 11 is 0. The van der Waals surface area contributed by atoms with Crippen LogP contribution in [0.1, 0.15) is 39.0 Å². The molecule has 0 saturated heterocycles. The Hall–Kier alpha value is -1.59. The fourth-order valence-electron chi connectivity index (χ4n) is 1.70.